The third-order valence-electron chi connectivity index (χ3n) is 1.23. The Balaban J connectivity index is 3.09. The Bertz CT molecular complexity index is 235. The molecule has 10 heavy (non-hydrogen) atoms. The lowest BCUT2D eigenvalue weighted by Crippen LogP contribution is -1.90. The average Bonchev–Trinajstić information content (AvgIpc) is 1.94. The molecule has 0 saturated heterocycles. The fraction of sp³-hybridized carbons (Fsp3) is 0.143. The lowest BCUT2D eigenvalue weighted by molar-refractivity contribution is 0.591. The highest BCUT2D eigenvalue weighted by molar-refractivity contribution is 6.08. The Kier molecular flexibility index (Phi) is 2.04. The summed E-state index contributed by atoms with van der Waals surface area (Å²) < 4.78 is 24.8. The smallest absolute Gasteiger partial charge is 0.125 e. The average molecular weight is 138 g/mol. The third-order valence-corrected chi connectivity index (χ3v) is 1.23. The van der Waals surface area contributed by atoms with Crippen LogP contribution in [0, 0.1) is 11.6 Å². The standard InChI is InChI=1S/C7H5BF2/c8-4-5-3-6(9)1-2-7(5)10/h1-3H,4H2. The molecular formula is C7H5BF2. The van der Waals surface area contributed by atoms with Crippen molar-refractivity contribution in [2.45, 2.75) is 6.32 Å². The predicted molar refractivity (Wildman–Crippen MR) is 35.8 cm³/mol. The van der Waals surface area contributed by atoms with Crippen LogP contribution >= 0.6 is 0 Å². The van der Waals surface area contributed by atoms with Gasteiger partial charge in [0.15, 0.2) is 0 Å². The van der Waals surface area contributed by atoms with Crippen molar-refractivity contribution in [3.63, 3.8) is 0 Å². The molecule has 0 amide bonds. The Morgan fingerprint density at radius 3 is 2.50 bits per heavy atom. The summed E-state index contributed by atoms with van der Waals surface area (Å²) in [6, 6.07) is 3.22. The van der Waals surface area contributed by atoms with Crippen LogP contribution in [0.5, 0.6) is 0 Å². The normalized spacial score (nSPS) is 9.80. The minimum absolute atomic E-state index is 0.0313. The van der Waals surface area contributed by atoms with Crippen molar-refractivity contribution in [1.82, 2.24) is 0 Å². The first kappa shape index (κ1) is 7.25. The fourth-order valence-electron chi connectivity index (χ4n) is 0.700. The lowest BCUT2D eigenvalue weighted by Gasteiger charge is -1.97. The van der Waals surface area contributed by atoms with E-state index in [-0.39, 0.29) is 11.9 Å². The summed E-state index contributed by atoms with van der Waals surface area (Å²) in [4.78, 5) is 0. The first-order valence-corrected chi connectivity index (χ1v) is 2.88. The van der Waals surface area contributed by atoms with Crippen molar-refractivity contribution in [2.75, 3.05) is 0 Å². The van der Waals surface area contributed by atoms with E-state index >= 15 is 0 Å². The molecule has 2 radical (unpaired) electrons. The highest BCUT2D eigenvalue weighted by Crippen LogP contribution is 2.08. The van der Waals surface area contributed by atoms with Gasteiger partial charge in [-0.1, -0.05) is 6.32 Å². The van der Waals surface area contributed by atoms with E-state index in [4.69, 9.17) is 7.85 Å². The van der Waals surface area contributed by atoms with Crippen molar-refractivity contribution < 1.29 is 8.78 Å². The maximum Gasteiger partial charge on any atom is 0.125 e. The number of halogens is 2. The molecule has 0 fully saturated rings. The molecule has 3 heteroatoms. The van der Waals surface area contributed by atoms with Crippen molar-refractivity contribution in [3.8, 4) is 0 Å². The minimum atomic E-state index is -0.457. The summed E-state index contributed by atoms with van der Waals surface area (Å²) >= 11 is 0. The van der Waals surface area contributed by atoms with Gasteiger partial charge in [-0.25, -0.2) is 8.78 Å². The highest BCUT2D eigenvalue weighted by atomic mass is 19.1. The largest absolute Gasteiger partial charge is 0.207 e. The maximum atomic E-state index is 12.5. The van der Waals surface area contributed by atoms with Crippen LogP contribution in [0.3, 0.4) is 0 Å². The number of hydrogen-bond donors (Lipinski definition) is 0. The van der Waals surface area contributed by atoms with Gasteiger partial charge in [0, 0.05) is 0 Å². The molecule has 0 aliphatic carbocycles. The molecule has 0 aliphatic rings. The molecule has 50 valence electrons. The molecule has 0 unspecified atom stereocenters. The summed E-state index contributed by atoms with van der Waals surface area (Å²) in [6.45, 7) is 0. The van der Waals surface area contributed by atoms with Crippen LogP contribution in [0.1, 0.15) is 5.56 Å². The van der Waals surface area contributed by atoms with Crippen LogP contribution in [0.25, 0.3) is 0 Å². The minimum Gasteiger partial charge on any atom is -0.207 e. The zero-order chi connectivity index (χ0) is 7.56. The number of benzene rings is 1. The first-order chi connectivity index (χ1) is 4.74. The molecule has 1 aromatic rings. The fourth-order valence-corrected chi connectivity index (χ4v) is 0.700. The van der Waals surface area contributed by atoms with E-state index in [0.29, 0.717) is 0 Å². The van der Waals surface area contributed by atoms with Gasteiger partial charge < -0.3 is 0 Å². The molecule has 0 spiro atoms. The van der Waals surface area contributed by atoms with Crippen molar-refractivity contribution in [1.29, 1.82) is 0 Å². The van der Waals surface area contributed by atoms with E-state index in [2.05, 4.69) is 0 Å². The van der Waals surface area contributed by atoms with Gasteiger partial charge in [0.1, 0.15) is 11.6 Å². The van der Waals surface area contributed by atoms with Crippen molar-refractivity contribution in [3.05, 3.63) is 35.4 Å². The van der Waals surface area contributed by atoms with E-state index < -0.39 is 11.6 Å². The summed E-state index contributed by atoms with van der Waals surface area (Å²) in [7, 11) is 5.11. The van der Waals surface area contributed by atoms with Crippen LogP contribution < -0.4 is 0 Å². The van der Waals surface area contributed by atoms with Crippen LogP contribution in [0.15, 0.2) is 18.2 Å². The quantitative estimate of drug-likeness (QED) is 0.517. The molecule has 0 heterocycles. The van der Waals surface area contributed by atoms with E-state index in [0.717, 1.165) is 18.2 Å². The molecule has 0 nitrogen and oxygen atoms in total. The van der Waals surface area contributed by atoms with Gasteiger partial charge in [0.05, 0.1) is 7.85 Å². The lowest BCUT2D eigenvalue weighted by atomic mass is 9.97. The Labute approximate surface area is 59.3 Å². The topological polar surface area (TPSA) is 0 Å². The summed E-state index contributed by atoms with van der Waals surface area (Å²) in [5, 5.41) is 0. The van der Waals surface area contributed by atoms with E-state index in [1.165, 1.54) is 0 Å². The number of rotatable bonds is 1. The van der Waals surface area contributed by atoms with Gasteiger partial charge in [-0.05, 0) is 23.8 Å². The monoisotopic (exact) mass is 138 g/mol. The van der Waals surface area contributed by atoms with E-state index in [1.54, 1.807) is 0 Å². The van der Waals surface area contributed by atoms with E-state index in [1.807, 2.05) is 0 Å². The van der Waals surface area contributed by atoms with Gasteiger partial charge in [0.25, 0.3) is 0 Å². The third kappa shape index (κ3) is 1.35. The molecule has 0 saturated carbocycles. The molecule has 0 atom stereocenters. The first-order valence-electron chi connectivity index (χ1n) is 2.88. The van der Waals surface area contributed by atoms with Crippen LogP contribution in [-0.4, -0.2) is 7.85 Å². The summed E-state index contributed by atoms with van der Waals surface area (Å²) in [6.07, 6.45) is 0.0313. The Morgan fingerprint density at radius 2 is 2.00 bits per heavy atom. The molecule has 1 aromatic carbocycles. The van der Waals surface area contributed by atoms with Crippen molar-refractivity contribution >= 4 is 7.85 Å². The van der Waals surface area contributed by atoms with Crippen LogP contribution in [0.4, 0.5) is 8.78 Å². The second-order valence-corrected chi connectivity index (χ2v) is 1.94. The maximum absolute atomic E-state index is 12.5. The summed E-state index contributed by atoms with van der Waals surface area (Å²) in [5.74, 6) is -0.911. The van der Waals surface area contributed by atoms with Crippen LogP contribution in [-0.2, 0) is 6.32 Å². The van der Waals surface area contributed by atoms with Gasteiger partial charge in [-0.15, -0.1) is 0 Å². The van der Waals surface area contributed by atoms with E-state index in [9.17, 15) is 8.78 Å². The molecule has 0 bridgehead atoms. The summed E-state index contributed by atoms with van der Waals surface area (Å²) in [5.41, 5.74) is 0.208. The molecule has 0 aliphatic heterocycles. The molecule has 0 N–H and O–H groups in total. The van der Waals surface area contributed by atoms with Gasteiger partial charge in [-0.2, -0.15) is 0 Å². The van der Waals surface area contributed by atoms with Gasteiger partial charge in [0.2, 0.25) is 0 Å². The van der Waals surface area contributed by atoms with Crippen molar-refractivity contribution in [2.24, 2.45) is 0 Å². The second-order valence-electron chi connectivity index (χ2n) is 1.94. The molecule has 1 rings (SSSR count). The second kappa shape index (κ2) is 2.82. The highest BCUT2D eigenvalue weighted by Gasteiger charge is 1.99. The predicted octanol–water partition coefficient (Wildman–Crippen LogP) is 1.63. The number of hydrogen-bond acceptors (Lipinski definition) is 0. The Hall–Kier alpha value is -0.855. The molecular weight excluding hydrogens is 133 g/mol. The Morgan fingerprint density at radius 1 is 1.30 bits per heavy atom. The van der Waals surface area contributed by atoms with Crippen LogP contribution in [0.2, 0.25) is 0 Å². The zero-order valence-electron chi connectivity index (χ0n) is 5.27. The van der Waals surface area contributed by atoms with Gasteiger partial charge in [-0.3, -0.25) is 0 Å². The molecule has 0 aromatic heterocycles. The van der Waals surface area contributed by atoms with Gasteiger partial charge >= 0.3 is 0 Å². The zero-order valence-corrected chi connectivity index (χ0v) is 5.27. The SMILES string of the molecule is [B]Cc1cc(F)ccc1F.